The van der Waals surface area contributed by atoms with Crippen LogP contribution in [0.25, 0.3) is 0 Å². The Labute approximate surface area is 149 Å². The highest BCUT2D eigenvalue weighted by molar-refractivity contribution is 5.92. The average molecular weight is 338 g/mol. The molecule has 2 heterocycles. The van der Waals surface area contributed by atoms with Crippen LogP contribution in [-0.4, -0.2) is 39.9 Å². The Balaban J connectivity index is 1.61. The Bertz CT molecular complexity index is 689. The minimum Gasteiger partial charge on any atom is -0.354 e. The molecule has 1 fully saturated rings. The smallest absolute Gasteiger partial charge is 0.272 e. The zero-order chi connectivity index (χ0) is 17.5. The van der Waals surface area contributed by atoms with Gasteiger partial charge < -0.3 is 10.2 Å². The van der Waals surface area contributed by atoms with Crippen molar-refractivity contribution in [2.45, 2.75) is 45.1 Å². The fourth-order valence-corrected chi connectivity index (χ4v) is 3.37. The summed E-state index contributed by atoms with van der Waals surface area (Å²) in [7, 11) is 0. The molecule has 2 aromatic rings. The highest BCUT2D eigenvalue weighted by Gasteiger charge is 2.27. The molecule has 5 heteroatoms. The molecule has 0 radical (unpaired) electrons. The summed E-state index contributed by atoms with van der Waals surface area (Å²) < 4.78 is 0. The Morgan fingerprint density at radius 3 is 2.88 bits per heavy atom. The lowest BCUT2D eigenvalue weighted by Gasteiger charge is -2.35. The minimum absolute atomic E-state index is 0.0278. The summed E-state index contributed by atoms with van der Waals surface area (Å²) in [5.74, 6) is 0.548. The van der Waals surface area contributed by atoms with Crippen molar-refractivity contribution < 1.29 is 4.79 Å². The number of amides is 1. The second-order valence-corrected chi connectivity index (χ2v) is 6.48. The van der Waals surface area contributed by atoms with Crippen LogP contribution >= 0.6 is 0 Å². The molecule has 0 bridgehead atoms. The van der Waals surface area contributed by atoms with E-state index in [1.807, 2.05) is 23.1 Å². The van der Waals surface area contributed by atoms with E-state index in [0.717, 1.165) is 38.8 Å². The Hall–Kier alpha value is -2.43. The van der Waals surface area contributed by atoms with Gasteiger partial charge in [-0.05, 0) is 43.7 Å². The lowest BCUT2D eigenvalue weighted by Crippen LogP contribution is -2.43. The number of anilines is 1. The van der Waals surface area contributed by atoms with Gasteiger partial charge in [-0.15, -0.1) is 0 Å². The number of hydrogen-bond donors (Lipinski definition) is 1. The number of aromatic nitrogens is 2. The van der Waals surface area contributed by atoms with Crippen LogP contribution < -0.4 is 5.32 Å². The van der Waals surface area contributed by atoms with Gasteiger partial charge in [0.2, 0.25) is 5.95 Å². The lowest BCUT2D eigenvalue weighted by molar-refractivity contribution is 0.0602. The van der Waals surface area contributed by atoms with E-state index in [0.29, 0.717) is 17.7 Å². The highest BCUT2D eigenvalue weighted by atomic mass is 16.2. The van der Waals surface area contributed by atoms with Crippen molar-refractivity contribution in [3.8, 4) is 0 Å². The molecule has 1 saturated heterocycles. The van der Waals surface area contributed by atoms with E-state index in [2.05, 4.69) is 34.3 Å². The molecule has 132 valence electrons. The number of hydrogen-bond acceptors (Lipinski definition) is 4. The molecule has 1 atom stereocenters. The Morgan fingerprint density at radius 2 is 2.08 bits per heavy atom. The molecule has 0 saturated carbocycles. The zero-order valence-electron chi connectivity index (χ0n) is 14.8. The van der Waals surface area contributed by atoms with Crippen LogP contribution in [0.15, 0.2) is 42.6 Å². The molecule has 1 aromatic carbocycles. The molecule has 1 aliphatic heterocycles. The summed E-state index contributed by atoms with van der Waals surface area (Å²) in [6.45, 7) is 3.72. The van der Waals surface area contributed by atoms with Crippen molar-refractivity contribution in [3.05, 3.63) is 53.9 Å². The molecule has 25 heavy (non-hydrogen) atoms. The number of rotatable bonds is 6. The molecule has 1 N–H and O–H groups in total. The fourth-order valence-electron chi connectivity index (χ4n) is 3.37. The van der Waals surface area contributed by atoms with Gasteiger partial charge in [0.15, 0.2) is 0 Å². The van der Waals surface area contributed by atoms with Crippen LogP contribution in [0.3, 0.4) is 0 Å². The maximum Gasteiger partial charge on any atom is 0.272 e. The van der Waals surface area contributed by atoms with Gasteiger partial charge in [-0.3, -0.25) is 4.79 Å². The molecule has 0 aliphatic carbocycles. The summed E-state index contributed by atoms with van der Waals surface area (Å²) in [6.07, 6.45) is 6.94. The number of piperidine rings is 1. The third-order valence-electron chi connectivity index (χ3n) is 4.77. The van der Waals surface area contributed by atoms with Crippen LogP contribution in [0.2, 0.25) is 0 Å². The van der Waals surface area contributed by atoms with Crippen molar-refractivity contribution in [2.24, 2.45) is 0 Å². The van der Waals surface area contributed by atoms with Crippen molar-refractivity contribution in [1.82, 2.24) is 14.9 Å². The number of nitrogens with zero attached hydrogens (tertiary/aromatic N) is 3. The summed E-state index contributed by atoms with van der Waals surface area (Å²) in [5.41, 5.74) is 1.75. The van der Waals surface area contributed by atoms with Crippen molar-refractivity contribution in [2.75, 3.05) is 18.4 Å². The third-order valence-corrected chi connectivity index (χ3v) is 4.77. The molecular formula is C20H26N4O. The molecule has 1 amide bonds. The molecule has 5 nitrogen and oxygen atoms in total. The predicted molar refractivity (Wildman–Crippen MR) is 99.6 cm³/mol. The monoisotopic (exact) mass is 338 g/mol. The first-order valence-corrected chi connectivity index (χ1v) is 9.19. The van der Waals surface area contributed by atoms with E-state index in [4.69, 9.17) is 0 Å². The van der Waals surface area contributed by atoms with Crippen molar-refractivity contribution >= 4 is 11.9 Å². The Kier molecular flexibility index (Phi) is 5.99. The van der Waals surface area contributed by atoms with Crippen molar-refractivity contribution in [1.29, 1.82) is 0 Å². The van der Waals surface area contributed by atoms with Gasteiger partial charge in [0.1, 0.15) is 5.69 Å². The van der Waals surface area contributed by atoms with Crippen LogP contribution in [-0.2, 0) is 6.42 Å². The lowest BCUT2D eigenvalue weighted by atomic mass is 9.99. The first kappa shape index (κ1) is 17.4. The normalized spacial score (nSPS) is 17.3. The molecule has 3 rings (SSSR count). The van der Waals surface area contributed by atoms with E-state index in [9.17, 15) is 4.79 Å². The zero-order valence-corrected chi connectivity index (χ0v) is 14.8. The second kappa shape index (κ2) is 8.60. The van der Waals surface area contributed by atoms with E-state index in [1.165, 1.54) is 12.0 Å². The topological polar surface area (TPSA) is 58.1 Å². The molecular weight excluding hydrogens is 312 g/mol. The van der Waals surface area contributed by atoms with Gasteiger partial charge in [-0.25, -0.2) is 9.97 Å². The van der Waals surface area contributed by atoms with Crippen molar-refractivity contribution in [3.63, 3.8) is 0 Å². The quantitative estimate of drug-likeness (QED) is 0.875. The predicted octanol–water partition coefficient (Wildman–Crippen LogP) is 3.54. The first-order chi connectivity index (χ1) is 12.3. The third kappa shape index (κ3) is 4.56. The molecule has 1 aromatic heterocycles. The van der Waals surface area contributed by atoms with Crippen LogP contribution in [0.1, 0.15) is 48.7 Å². The van der Waals surface area contributed by atoms with Crippen LogP contribution in [0.4, 0.5) is 5.95 Å². The number of carbonyl (C=O) groups is 1. The van der Waals surface area contributed by atoms with Gasteiger partial charge in [-0.2, -0.15) is 0 Å². The van der Waals surface area contributed by atoms with E-state index in [1.54, 1.807) is 12.3 Å². The standard InChI is InChI=1S/C20H26N4O/c1-2-17-10-6-7-15-24(17)19(25)18-12-14-22-20(23-18)21-13-11-16-8-4-3-5-9-16/h3-5,8-9,12,14,17H,2,6-7,10-11,13,15H2,1H3,(H,21,22,23). The van der Waals surface area contributed by atoms with E-state index < -0.39 is 0 Å². The number of nitrogens with one attached hydrogen (secondary N) is 1. The highest BCUT2D eigenvalue weighted by Crippen LogP contribution is 2.21. The largest absolute Gasteiger partial charge is 0.354 e. The fraction of sp³-hybridized carbons (Fsp3) is 0.450. The maximum absolute atomic E-state index is 12.8. The average Bonchev–Trinajstić information content (AvgIpc) is 2.68. The molecule has 1 unspecified atom stereocenters. The SMILES string of the molecule is CCC1CCCCN1C(=O)c1ccnc(NCCc2ccccc2)n1. The van der Waals surface area contributed by atoms with Gasteiger partial charge in [0, 0.05) is 25.3 Å². The van der Waals surface area contributed by atoms with E-state index in [-0.39, 0.29) is 5.91 Å². The summed E-state index contributed by atoms with van der Waals surface area (Å²) in [5, 5.41) is 3.22. The Morgan fingerprint density at radius 1 is 1.24 bits per heavy atom. The molecule has 0 spiro atoms. The summed E-state index contributed by atoms with van der Waals surface area (Å²) in [6, 6.07) is 12.3. The number of carbonyl (C=O) groups excluding carboxylic acids is 1. The minimum atomic E-state index is 0.0278. The maximum atomic E-state index is 12.8. The van der Waals surface area contributed by atoms with Gasteiger partial charge in [0.05, 0.1) is 0 Å². The summed E-state index contributed by atoms with van der Waals surface area (Å²) >= 11 is 0. The van der Waals surface area contributed by atoms with Gasteiger partial charge in [0.25, 0.3) is 5.91 Å². The van der Waals surface area contributed by atoms with Crippen LogP contribution in [0.5, 0.6) is 0 Å². The van der Waals surface area contributed by atoms with Gasteiger partial charge >= 0.3 is 0 Å². The van der Waals surface area contributed by atoms with Gasteiger partial charge in [-0.1, -0.05) is 37.3 Å². The van der Waals surface area contributed by atoms with E-state index >= 15 is 0 Å². The summed E-state index contributed by atoms with van der Waals surface area (Å²) in [4.78, 5) is 23.5. The first-order valence-electron chi connectivity index (χ1n) is 9.19. The number of likely N-dealkylation sites (tertiary alicyclic amines) is 1. The van der Waals surface area contributed by atoms with Crippen LogP contribution in [0, 0.1) is 0 Å². The number of benzene rings is 1. The molecule has 1 aliphatic rings. The second-order valence-electron chi connectivity index (χ2n) is 6.48.